The molecule has 2 heterocycles. The Bertz CT molecular complexity index is 1300. The zero-order valence-electron chi connectivity index (χ0n) is 15.8. The highest BCUT2D eigenvalue weighted by Crippen LogP contribution is 2.25. The number of nitrogens with zero attached hydrogens (tertiary/aromatic N) is 4. The number of halogens is 1. The number of hydrogen-bond acceptors (Lipinski definition) is 5. The topological polar surface area (TPSA) is 102 Å². The summed E-state index contributed by atoms with van der Waals surface area (Å²) in [6.07, 6.45) is 1.69. The molecule has 0 spiro atoms. The number of anilines is 1. The Morgan fingerprint density at radius 3 is 2.47 bits per heavy atom. The zero-order valence-corrected chi connectivity index (χ0v) is 16.5. The summed E-state index contributed by atoms with van der Waals surface area (Å²) in [5, 5.41) is 15.3. The van der Waals surface area contributed by atoms with Gasteiger partial charge in [-0.05, 0) is 30.7 Å². The molecule has 2 aromatic carbocycles. The fourth-order valence-electron chi connectivity index (χ4n) is 3.02. The highest BCUT2D eigenvalue weighted by Gasteiger charge is 2.31. The fraction of sp³-hybridized carbons (Fsp3) is 0.0455. The number of carbonyl (C=O) groups excluding carboxylic acids is 1. The maximum Gasteiger partial charge on any atom is 0.283 e. The number of H-pyrrole nitrogens is 1. The molecule has 0 radical (unpaired) electrons. The standard InChI is InChI=1S/C22H14ClN5O2/c1-13-17(11-14-7-9-16(23)10-8-14)21(30)28(27-13)22-25-19(15-5-3-2-4-6-15)18(12-24)20(29)26-22/h2-11H,1H3,(H,25,26,29)/b17-11+. The van der Waals surface area contributed by atoms with E-state index in [9.17, 15) is 14.9 Å². The van der Waals surface area contributed by atoms with Gasteiger partial charge < -0.3 is 0 Å². The van der Waals surface area contributed by atoms with E-state index in [1.807, 2.05) is 12.1 Å². The van der Waals surface area contributed by atoms with Crippen molar-refractivity contribution in [2.24, 2.45) is 5.10 Å². The summed E-state index contributed by atoms with van der Waals surface area (Å²) in [6, 6.07) is 17.7. The summed E-state index contributed by atoms with van der Waals surface area (Å²) in [5.41, 5.74) is 1.63. The van der Waals surface area contributed by atoms with Gasteiger partial charge in [-0.15, -0.1) is 0 Å². The molecule has 1 aromatic heterocycles. The number of amides is 1. The molecule has 3 aromatic rings. The van der Waals surface area contributed by atoms with Crippen LogP contribution in [0.25, 0.3) is 17.3 Å². The van der Waals surface area contributed by atoms with Crippen molar-refractivity contribution in [1.29, 1.82) is 5.26 Å². The van der Waals surface area contributed by atoms with E-state index in [0.717, 1.165) is 10.6 Å². The van der Waals surface area contributed by atoms with Crippen molar-refractivity contribution in [2.75, 3.05) is 5.01 Å². The van der Waals surface area contributed by atoms with Gasteiger partial charge in [-0.1, -0.05) is 54.1 Å². The van der Waals surface area contributed by atoms with Crippen LogP contribution in [0.1, 0.15) is 18.1 Å². The molecular formula is C22H14ClN5O2. The van der Waals surface area contributed by atoms with E-state index < -0.39 is 11.5 Å². The van der Waals surface area contributed by atoms with Crippen LogP contribution in [-0.2, 0) is 4.79 Å². The van der Waals surface area contributed by atoms with Gasteiger partial charge in [-0.2, -0.15) is 15.4 Å². The molecule has 146 valence electrons. The highest BCUT2D eigenvalue weighted by molar-refractivity contribution is 6.32. The number of aromatic nitrogens is 2. The van der Waals surface area contributed by atoms with Crippen LogP contribution in [0.2, 0.25) is 5.02 Å². The molecule has 0 aliphatic carbocycles. The molecule has 8 heteroatoms. The SMILES string of the molecule is CC1=NN(c2nc(-c3ccccc3)c(C#N)c(=O)[nH]2)C(=O)/C1=C/c1ccc(Cl)cc1. The smallest absolute Gasteiger partial charge is 0.283 e. The predicted molar refractivity (Wildman–Crippen MR) is 115 cm³/mol. The maximum atomic E-state index is 13.0. The second-order valence-corrected chi connectivity index (χ2v) is 6.94. The molecule has 1 N–H and O–H groups in total. The second kappa shape index (κ2) is 7.78. The summed E-state index contributed by atoms with van der Waals surface area (Å²) in [7, 11) is 0. The monoisotopic (exact) mass is 415 g/mol. The normalized spacial score (nSPS) is 14.7. The van der Waals surface area contributed by atoms with Gasteiger partial charge in [-0.3, -0.25) is 14.6 Å². The van der Waals surface area contributed by atoms with Crippen molar-refractivity contribution < 1.29 is 4.79 Å². The van der Waals surface area contributed by atoms with Crippen LogP contribution in [0, 0.1) is 11.3 Å². The zero-order chi connectivity index (χ0) is 21.3. The second-order valence-electron chi connectivity index (χ2n) is 6.50. The number of carbonyl (C=O) groups is 1. The molecule has 0 unspecified atom stereocenters. The van der Waals surface area contributed by atoms with Crippen LogP contribution >= 0.6 is 11.6 Å². The minimum absolute atomic E-state index is 0.0540. The summed E-state index contributed by atoms with van der Waals surface area (Å²) >= 11 is 5.91. The molecular weight excluding hydrogens is 402 g/mol. The Morgan fingerprint density at radius 2 is 1.80 bits per heavy atom. The van der Waals surface area contributed by atoms with Crippen molar-refractivity contribution in [1.82, 2.24) is 9.97 Å². The van der Waals surface area contributed by atoms with Gasteiger partial charge in [0.25, 0.3) is 11.5 Å². The first-order chi connectivity index (χ1) is 14.5. The number of nitriles is 1. The molecule has 7 nitrogen and oxygen atoms in total. The number of hydrogen-bond donors (Lipinski definition) is 1. The molecule has 1 aliphatic heterocycles. The first kappa shape index (κ1) is 19.3. The van der Waals surface area contributed by atoms with E-state index in [1.54, 1.807) is 61.5 Å². The molecule has 0 saturated heterocycles. The third-order valence-corrected chi connectivity index (χ3v) is 4.76. The van der Waals surface area contributed by atoms with Gasteiger partial charge in [0.05, 0.1) is 17.0 Å². The maximum absolute atomic E-state index is 13.0. The minimum Gasteiger partial charge on any atom is -0.290 e. The van der Waals surface area contributed by atoms with Crippen molar-refractivity contribution in [3.8, 4) is 17.3 Å². The van der Waals surface area contributed by atoms with Gasteiger partial charge in [0.15, 0.2) is 0 Å². The average Bonchev–Trinajstić information content (AvgIpc) is 3.03. The lowest BCUT2D eigenvalue weighted by atomic mass is 10.1. The largest absolute Gasteiger partial charge is 0.290 e. The summed E-state index contributed by atoms with van der Waals surface area (Å²) in [5.74, 6) is -0.490. The van der Waals surface area contributed by atoms with Gasteiger partial charge in [0.1, 0.15) is 11.6 Å². The molecule has 0 saturated carbocycles. The number of hydrazone groups is 1. The van der Waals surface area contributed by atoms with Crippen molar-refractivity contribution >= 4 is 35.2 Å². The highest BCUT2D eigenvalue weighted by atomic mass is 35.5. The Balaban J connectivity index is 1.77. The third kappa shape index (κ3) is 3.52. The van der Waals surface area contributed by atoms with Crippen LogP contribution in [0.15, 0.2) is 70.1 Å². The van der Waals surface area contributed by atoms with Crippen molar-refractivity contribution in [3.63, 3.8) is 0 Å². The first-order valence-corrected chi connectivity index (χ1v) is 9.33. The van der Waals surface area contributed by atoms with E-state index in [2.05, 4.69) is 15.1 Å². The number of aromatic amines is 1. The molecule has 1 amide bonds. The molecule has 0 atom stereocenters. The van der Waals surface area contributed by atoms with Gasteiger partial charge in [-0.25, -0.2) is 4.98 Å². The summed E-state index contributed by atoms with van der Waals surface area (Å²) in [6.45, 7) is 1.69. The van der Waals surface area contributed by atoms with E-state index in [0.29, 0.717) is 21.9 Å². The lowest BCUT2D eigenvalue weighted by Gasteiger charge is -2.12. The first-order valence-electron chi connectivity index (χ1n) is 8.95. The Morgan fingerprint density at radius 1 is 1.10 bits per heavy atom. The molecule has 0 fully saturated rings. The average molecular weight is 416 g/mol. The summed E-state index contributed by atoms with van der Waals surface area (Å²) < 4.78 is 0. The minimum atomic E-state index is -0.642. The van der Waals surface area contributed by atoms with E-state index >= 15 is 0 Å². The third-order valence-electron chi connectivity index (χ3n) is 4.51. The predicted octanol–water partition coefficient (Wildman–Crippen LogP) is 3.77. The van der Waals surface area contributed by atoms with Crippen LogP contribution < -0.4 is 10.6 Å². The van der Waals surface area contributed by atoms with E-state index in [4.69, 9.17) is 11.6 Å². The molecule has 1 aliphatic rings. The number of rotatable bonds is 3. The van der Waals surface area contributed by atoms with Crippen molar-refractivity contribution in [2.45, 2.75) is 6.92 Å². The van der Waals surface area contributed by atoms with Crippen LogP contribution in [0.3, 0.4) is 0 Å². The molecule has 30 heavy (non-hydrogen) atoms. The lowest BCUT2D eigenvalue weighted by molar-refractivity contribution is -0.114. The summed E-state index contributed by atoms with van der Waals surface area (Å²) in [4.78, 5) is 32.3. The quantitative estimate of drug-likeness (QED) is 0.657. The van der Waals surface area contributed by atoms with Gasteiger partial charge >= 0.3 is 0 Å². The Labute approximate surface area is 176 Å². The van der Waals surface area contributed by atoms with E-state index in [1.165, 1.54) is 0 Å². The Hall–Kier alpha value is -4.02. The molecule has 4 rings (SSSR count). The fourth-order valence-corrected chi connectivity index (χ4v) is 3.15. The van der Waals surface area contributed by atoms with Crippen LogP contribution in [0.5, 0.6) is 0 Å². The number of benzene rings is 2. The molecule has 0 bridgehead atoms. The number of nitrogens with one attached hydrogen (secondary N) is 1. The Kier molecular flexibility index (Phi) is 5.00. The lowest BCUT2D eigenvalue weighted by Crippen LogP contribution is -2.27. The van der Waals surface area contributed by atoms with Crippen LogP contribution in [0.4, 0.5) is 5.95 Å². The van der Waals surface area contributed by atoms with Gasteiger partial charge in [0, 0.05) is 10.6 Å². The van der Waals surface area contributed by atoms with Crippen molar-refractivity contribution in [3.05, 3.63) is 86.7 Å². The van der Waals surface area contributed by atoms with Gasteiger partial charge in [0.2, 0.25) is 5.95 Å². The van der Waals surface area contributed by atoms with E-state index in [-0.39, 0.29) is 17.2 Å². The van der Waals surface area contributed by atoms with Crippen LogP contribution in [-0.4, -0.2) is 21.6 Å².